The molecule has 0 fully saturated rings. The molecule has 27 heavy (non-hydrogen) atoms. The molecule has 6 nitrogen and oxygen atoms in total. The van der Waals surface area contributed by atoms with E-state index in [4.69, 9.17) is 0 Å². The molecule has 0 saturated heterocycles. The van der Waals surface area contributed by atoms with E-state index in [-0.39, 0.29) is 11.6 Å². The van der Waals surface area contributed by atoms with Crippen LogP contribution in [0.5, 0.6) is 0 Å². The van der Waals surface area contributed by atoms with E-state index in [0.717, 1.165) is 6.42 Å². The Morgan fingerprint density at radius 3 is 2.56 bits per heavy atom. The van der Waals surface area contributed by atoms with Gasteiger partial charge in [-0.15, -0.1) is 0 Å². The maximum Gasteiger partial charge on any atom is 0.274 e. The van der Waals surface area contributed by atoms with E-state index in [1.165, 1.54) is 5.56 Å². The van der Waals surface area contributed by atoms with Crippen molar-refractivity contribution in [2.24, 2.45) is 0 Å². The Bertz CT molecular complexity index is 1010. The summed E-state index contributed by atoms with van der Waals surface area (Å²) in [6.07, 6.45) is 0.943. The van der Waals surface area contributed by atoms with Crippen molar-refractivity contribution in [1.29, 1.82) is 5.26 Å². The number of amides is 1. The smallest absolute Gasteiger partial charge is 0.274 e. The minimum atomic E-state index is -0.318. The standard InChI is InChI=1S/C21H19N5O/c1-3-15-8-10-17(11-9-15)25-21(27)19-12-20(24-14(2)23-19)26-18-7-5-4-6-16(18)13-22/h4-12H,3H2,1-2H3,(H,25,27)(H,23,24,26). The third-order valence-electron chi connectivity index (χ3n) is 4.00. The minimum Gasteiger partial charge on any atom is -0.339 e. The van der Waals surface area contributed by atoms with Crippen molar-refractivity contribution in [3.05, 3.63) is 77.2 Å². The van der Waals surface area contributed by atoms with Gasteiger partial charge in [-0.05, 0) is 43.2 Å². The number of carbonyl (C=O) groups excluding carboxylic acids is 1. The van der Waals surface area contributed by atoms with Gasteiger partial charge < -0.3 is 10.6 Å². The first-order valence-corrected chi connectivity index (χ1v) is 8.61. The fraction of sp³-hybridized carbons (Fsp3) is 0.143. The number of anilines is 3. The van der Waals surface area contributed by atoms with Crippen LogP contribution in [0.3, 0.4) is 0 Å². The molecule has 0 aliphatic heterocycles. The normalized spacial score (nSPS) is 10.1. The molecule has 1 heterocycles. The highest BCUT2D eigenvalue weighted by Gasteiger charge is 2.12. The van der Waals surface area contributed by atoms with E-state index in [2.05, 4.69) is 33.6 Å². The van der Waals surface area contributed by atoms with Crippen molar-refractivity contribution in [3.8, 4) is 6.07 Å². The molecule has 0 aliphatic rings. The molecule has 2 N–H and O–H groups in total. The fourth-order valence-electron chi connectivity index (χ4n) is 2.59. The lowest BCUT2D eigenvalue weighted by molar-refractivity contribution is 0.102. The van der Waals surface area contributed by atoms with E-state index in [1.807, 2.05) is 30.3 Å². The molecule has 3 rings (SSSR count). The molecule has 0 spiro atoms. The molecule has 0 atom stereocenters. The Hall–Kier alpha value is -3.72. The zero-order valence-corrected chi connectivity index (χ0v) is 15.2. The monoisotopic (exact) mass is 357 g/mol. The van der Waals surface area contributed by atoms with Gasteiger partial charge in [0.25, 0.3) is 5.91 Å². The van der Waals surface area contributed by atoms with E-state index in [0.29, 0.717) is 28.6 Å². The topological polar surface area (TPSA) is 90.7 Å². The lowest BCUT2D eigenvalue weighted by atomic mass is 10.1. The predicted molar refractivity (Wildman–Crippen MR) is 105 cm³/mol. The van der Waals surface area contributed by atoms with E-state index in [9.17, 15) is 10.1 Å². The van der Waals surface area contributed by atoms with Crippen LogP contribution in [0.15, 0.2) is 54.6 Å². The van der Waals surface area contributed by atoms with E-state index in [1.54, 1.807) is 31.2 Å². The molecule has 0 unspecified atom stereocenters. The second-order valence-corrected chi connectivity index (χ2v) is 5.97. The number of hydrogen-bond acceptors (Lipinski definition) is 5. The van der Waals surface area contributed by atoms with Crippen LogP contribution in [0.1, 0.15) is 34.4 Å². The van der Waals surface area contributed by atoms with Crippen LogP contribution < -0.4 is 10.6 Å². The molecule has 0 radical (unpaired) electrons. The van der Waals surface area contributed by atoms with Crippen molar-refractivity contribution in [2.45, 2.75) is 20.3 Å². The zero-order chi connectivity index (χ0) is 19.2. The summed E-state index contributed by atoms with van der Waals surface area (Å²) >= 11 is 0. The summed E-state index contributed by atoms with van der Waals surface area (Å²) in [5, 5.41) is 15.1. The van der Waals surface area contributed by atoms with Crippen molar-refractivity contribution < 1.29 is 4.79 Å². The van der Waals surface area contributed by atoms with Gasteiger partial charge in [0.15, 0.2) is 0 Å². The number of para-hydroxylation sites is 1. The average Bonchev–Trinajstić information content (AvgIpc) is 2.68. The maximum atomic E-state index is 12.6. The summed E-state index contributed by atoms with van der Waals surface area (Å²) < 4.78 is 0. The first-order chi connectivity index (χ1) is 13.1. The van der Waals surface area contributed by atoms with Crippen molar-refractivity contribution in [1.82, 2.24) is 9.97 Å². The number of nitrogens with zero attached hydrogens (tertiary/aromatic N) is 3. The second-order valence-electron chi connectivity index (χ2n) is 5.97. The highest BCUT2D eigenvalue weighted by atomic mass is 16.1. The number of nitrogens with one attached hydrogen (secondary N) is 2. The Morgan fingerprint density at radius 1 is 1.11 bits per heavy atom. The Labute approximate surface area is 157 Å². The number of aryl methyl sites for hydroxylation is 2. The van der Waals surface area contributed by atoms with Crippen molar-refractivity contribution >= 4 is 23.1 Å². The third-order valence-corrected chi connectivity index (χ3v) is 4.00. The summed E-state index contributed by atoms with van der Waals surface area (Å²) in [5.74, 6) is 0.596. The second kappa shape index (κ2) is 8.11. The number of nitriles is 1. The molecule has 0 bridgehead atoms. The van der Waals surface area contributed by atoms with Gasteiger partial charge in [0.2, 0.25) is 0 Å². The molecule has 0 saturated carbocycles. The predicted octanol–water partition coefficient (Wildman–Crippen LogP) is 4.22. The summed E-state index contributed by atoms with van der Waals surface area (Å²) in [6, 6.07) is 18.5. The highest BCUT2D eigenvalue weighted by molar-refractivity contribution is 6.03. The Kier molecular flexibility index (Phi) is 5.43. The first-order valence-electron chi connectivity index (χ1n) is 8.61. The first kappa shape index (κ1) is 18.1. The molecular formula is C21H19N5O. The Morgan fingerprint density at radius 2 is 1.85 bits per heavy atom. The molecular weight excluding hydrogens is 338 g/mol. The van der Waals surface area contributed by atoms with Crippen LogP contribution in [0.4, 0.5) is 17.2 Å². The summed E-state index contributed by atoms with van der Waals surface area (Å²) in [6.45, 7) is 3.80. The molecule has 134 valence electrons. The lowest BCUT2D eigenvalue weighted by Gasteiger charge is -2.10. The summed E-state index contributed by atoms with van der Waals surface area (Å²) in [4.78, 5) is 21.1. The molecule has 2 aromatic carbocycles. The number of hydrogen-bond donors (Lipinski definition) is 2. The summed E-state index contributed by atoms with van der Waals surface area (Å²) in [7, 11) is 0. The minimum absolute atomic E-state index is 0.249. The molecule has 1 aromatic heterocycles. The number of rotatable bonds is 5. The molecule has 6 heteroatoms. The van der Waals surface area contributed by atoms with Gasteiger partial charge in [-0.1, -0.05) is 31.2 Å². The van der Waals surface area contributed by atoms with Crippen LogP contribution in [-0.2, 0) is 6.42 Å². The quantitative estimate of drug-likeness (QED) is 0.713. The van der Waals surface area contributed by atoms with Crippen LogP contribution in [-0.4, -0.2) is 15.9 Å². The van der Waals surface area contributed by atoms with Crippen LogP contribution in [0.25, 0.3) is 0 Å². The van der Waals surface area contributed by atoms with E-state index >= 15 is 0 Å². The van der Waals surface area contributed by atoms with Crippen LogP contribution >= 0.6 is 0 Å². The molecule has 1 amide bonds. The largest absolute Gasteiger partial charge is 0.339 e. The lowest BCUT2D eigenvalue weighted by Crippen LogP contribution is -2.15. The van der Waals surface area contributed by atoms with Gasteiger partial charge in [-0.3, -0.25) is 4.79 Å². The highest BCUT2D eigenvalue weighted by Crippen LogP contribution is 2.20. The zero-order valence-electron chi connectivity index (χ0n) is 15.2. The number of aromatic nitrogens is 2. The van der Waals surface area contributed by atoms with Gasteiger partial charge in [0.1, 0.15) is 23.4 Å². The number of benzene rings is 2. The van der Waals surface area contributed by atoms with E-state index < -0.39 is 0 Å². The van der Waals surface area contributed by atoms with Gasteiger partial charge in [0, 0.05) is 11.8 Å². The molecule has 0 aliphatic carbocycles. The van der Waals surface area contributed by atoms with Crippen molar-refractivity contribution in [3.63, 3.8) is 0 Å². The van der Waals surface area contributed by atoms with Gasteiger partial charge >= 0.3 is 0 Å². The molecule has 3 aromatic rings. The van der Waals surface area contributed by atoms with Crippen molar-refractivity contribution in [2.75, 3.05) is 10.6 Å². The number of carbonyl (C=O) groups is 1. The maximum absolute atomic E-state index is 12.6. The fourth-order valence-corrected chi connectivity index (χ4v) is 2.59. The van der Waals surface area contributed by atoms with Gasteiger partial charge in [-0.2, -0.15) is 5.26 Å². The average molecular weight is 357 g/mol. The van der Waals surface area contributed by atoms with Crippen LogP contribution in [0.2, 0.25) is 0 Å². The summed E-state index contributed by atoms with van der Waals surface area (Å²) in [5.41, 5.74) is 3.28. The SMILES string of the molecule is CCc1ccc(NC(=O)c2cc(Nc3ccccc3C#N)nc(C)n2)cc1. The third kappa shape index (κ3) is 4.47. The van der Waals surface area contributed by atoms with Gasteiger partial charge in [-0.25, -0.2) is 9.97 Å². The Balaban J connectivity index is 1.81. The van der Waals surface area contributed by atoms with Gasteiger partial charge in [0.05, 0.1) is 11.3 Å². The van der Waals surface area contributed by atoms with Crippen LogP contribution in [0, 0.1) is 18.3 Å².